The Morgan fingerprint density at radius 1 is 1.05 bits per heavy atom. The van der Waals surface area contributed by atoms with Gasteiger partial charge < -0.3 is 10.5 Å². The zero-order valence-electron chi connectivity index (χ0n) is 11.0. The van der Waals surface area contributed by atoms with Crippen LogP contribution in [0.2, 0.25) is 0 Å². The predicted molar refractivity (Wildman–Crippen MR) is 77.9 cm³/mol. The van der Waals surface area contributed by atoms with Gasteiger partial charge in [0.05, 0.1) is 18.2 Å². The monoisotopic (exact) mass is 262 g/mol. The molecule has 0 radical (unpaired) electrons. The van der Waals surface area contributed by atoms with Crippen molar-refractivity contribution in [2.45, 2.75) is 6.61 Å². The number of ether oxygens (including phenoxy) is 1. The van der Waals surface area contributed by atoms with Gasteiger partial charge in [0.25, 0.3) is 0 Å². The first kappa shape index (κ1) is 13.7. The summed E-state index contributed by atoms with van der Waals surface area (Å²) in [5.74, 6) is 6.55. The molecule has 0 aliphatic heterocycles. The number of nitriles is 1. The predicted octanol–water partition coefficient (Wildman–Crippen LogP) is 2.45. The van der Waals surface area contributed by atoms with Crippen LogP contribution in [0.5, 0.6) is 5.75 Å². The van der Waals surface area contributed by atoms with E-state index in [1.165, 1.54) is 0 Å². The minimum atomic E-state index is 0.353. The van der Waals surface area contributed by atoms with E-state index in [1.807, 2.05) is 24.3 Å². The van der Waals surface area contributed by atoms with E-state index in [4.69, 9.17) is 15.7 Å². The second-order valence-corrected chi connectivity index (χ2v) is 4.13. The van der Waals surface area contributed by atoms with Crippen LogP contribution in [0.25, 0.3) is 0 Å². The second kappa shape index (κ2) is 6.99. The van der Waals surface area contributed by atoms with Gasteiger partial charge in [-0.25, -0.2) is 0 Å². The van der Waals surface area contributed by atoms with Crippen LogP contribution in [0.15, 0.2) is 48.5 Å². The molecule has 0 saturated heterocycles. The van der Waals surface area contributed by atoms with Crippen molar-refractivity contribution in [3.05, 3.63) is 65.2 Å². The quantitative estimate of drug-likeness (QED) is 0.864. The summed E-state index contributed by atoms with van der Waals surface area (Å²) >= 11 is 0. The summed E-state index contributed by atoms with van der Waals surface area (Å²) < 4.78 is 5.67. The van der Waals surface area contributed by atoms with E-state index in [0.29, 0.717) is 18.7 Å². The highest BCUT2D eigenvalue weighted by Gasteiger charge is 1.97. The summed E-state index contributed by atoms with van der Waals surface area (Å²) in [7, 11) is 0. The number of rotatable bonds is 3. The van der Waals surface area contributed by atoms with E-state index in [-0.39, 0.29) is 0 Å². The van der Waals surface area contributed by atoms with Gasteiger partial charge in [0.1, 0.15) is 12.4 Å². The standard InChI is InChI=1S/C17H14N2O/c18-10-2-5-14-3-1-4-16(11-14)13-20-17-8-6-15(12-19)7-9-17/h1,3-4,6-9,11H,10,13,18H2. The third-order valence-corrected chi connectivity index (χ3v) is 2.65. The molecular formula is C17H14N2O. The normalized spacial score (nSPS) is 9.20. The summed E-state index contributed by atoms with van der Waals surface area (Å²) in [6.07, 6.45) is 0. The molecule has 0 fully saturated rings. The summed E-state index contributed by atoms with van der Waals surface area (Å²) in [4.78, 5) is 0. The fraction of sp³-hybridized carbons (Fsp3) is 0.118. The maximum absolute atomic E-state index is 8.73. The van der Waals surface area contributed by atoms with Crippen LogP contribution < -0.4 is 10.5 Å². The molecular weight excluding hydrogens is 248 g/mol. The van der Waals surface area contributed by atoms with Crippen molar-refractivity contribution in [1.82, 2.24) is 0 Å². The van der Waals surface area contributed by atoms with Crippen LogP contribution in [0.1, 0.15) is 16.7 Å². The van der Waals surface area contributed by atoms with Gasteiger partial charge in [0.15, 0.2) is 0 Å². The number of benzene rings is 2. The lowest BCUT2D eigenvalue weighted by molar-refractivity contribution is 0.306. The minimum Gasteiger partial charge on any atom is -0.489 e. The summed E-state index contributed by atoms with van der Waals surface area (Å²) in [5.41, 5.74) is 7.94. The van der Waals surface area contributed by atoms with Gasteiger partial charge >= 0.3 is 0 Å². The van der Waals surface area contributed by atoms with E-state index >= 15 is 0 Å². The number of nitrogens with zero attached hydrogens (tertiary/aromatic N) is 1. The molecule has 3 heteroatoms. The molecule has 0 unspecified atom stereocenters. The molecule has 98 valence electrons. The Bertz CT molecular complexity index is 673. The zero-order chi connectivity index (χ0) is 14.2. The Morgan fingerprint density at radius 2 is 1.85 bits per heavy atom. The first-order valence-electron chi connectivity index (χ1n) is 6.22. The zero-order valence-corrected chi connectivity index (χ0v) is 11.0. The summed E-state index contributed by atoms with van der Waals surface area (Å²) in [6, 6.07) is 17.0. The molecule has 0 amide bonds. The Morgan fingerprint density at radius 3 is 2.55 bits per heavy atom. The smallest absolute Gasteiger partial charge is 0.119 e. The highest BCUT2D eigenvalue weighted by molar-refractivity contribution is 5.38. The van der Waals surface area contributed by atoms with Crippen LogP contribution in [0.4, 0.5) is 0 Å². The number of hydrogen-bond acceptors (Lipinski definition) is 3. The lowest BCUT2D eigenvalue weighted by atomic mass is 10.1. The number of nitrogens with two attached hydrogens (primary N) is 1. The molecule has 3 nitrogen and oxygen atoms in total. The Hall–Kier alpha value is -2.75. The van der Waals surface area contributed by atoms with Crippen LogP contribution in [-0.2, 0) is 6.61 Å². The van der Waals surface area contributed by atoms with Crippen LogP contribution in [-0.4, -0.2) is 6.54 Å². The van der Waals surface area contributed by atoms with E-state index in [1.54, 1.807) is 24.3 Å². The Labute approximate surface area is 118 Å². The molecule has 0 heterocycles. The van der Waals surface area contributed by atoms with Crippen LogP contribution >= 0.6 is 0 Å². The molecule has 0 spiro atoms. The molecule has 0 saturated carbocycles. The first-order chi connectivity index (χ1) is 9.81. The SMILES string of the molecule is N#Cc1ccc(OCc2cccc(C#CCN)c2)cc1. The summed E-state index contributed by atoms with van der Waals surface area (Å²) in [5, 5.41) is 8.73. The van der Waals surface area contributed by atoms with Crippen molar-refractivity contribution in [3.63, 3.8) is 0 Å². The van der Waals surface area contributed by atoms with Crippen LogP contribution in [0.3, 0.4) is 0 Å². The van der Waals surface area contributed by atoms with Gasteiger partial charge in [-0.2, -0.15) is 5.26 Å². The van der Waals surface area contributed by atoms with E-state index in [2.05, 4.69) is 17.9 Å². The molecule has 0 bridgehead atoms. The van der Waals surface area contributed by atoms with Crippen molar-refractivity contribution in [2.24, 2.45) is 5.73 Å². The van der Waals surface area contributed by atoms with Crippen molar-refractivity contribution in [1.29, 1.82) is 5.26 Å². The number of hydrogen-bond donors (Lipinski definition) is 1. The van der Waals surface area contributed by atoms with Crippen molar-refractivity contribution in [3.8, 4) is 23.7 Å². The first-order valence-corrected chi connectivity index (χ1v) is 6.22. The van der Waals surface area contributed by atoms with E-state index in [9.17, 15) is 0 Å². The molecule has 0 aliphatic rings. The van der Waals surface area contributed by atoms with Crippen molar-refractivity contribution < 1.29 is 4.74 Å². The highest BCUT2D eigenvalue weighted by atomic mass is 16.5. The minimum absolute atomic E-state index is 0.353. The van der Waals surface area contributed by atoms with Gasteiger partial charge in [-0.05, 0) is 42.0 Å². The van der Waals surface area contributed by atoms with Gasteiger partial charge in [-0.15, -0.1) is 0 Å². The topological polar surface area (TPSA) is 59.0 Å². The molecule has 2 aromatic carbocycles. The third-order valence-electron chi connectivity index (χ3n) is 2.65. The lowest BCUT2D eigenvalue weighted by Gasteiger charge is -2.06. The lowest BCUT2D eigenvalue weighted by Crippen LogP contribution is -1.96. The van der Waals surface area contributed by atoms with E-state index in [0.717, 1.165) is 16.9 Å². The molecule has 2 N–H and O–H groups in total. The van der Waals surface area contributed by atoms with Gasteiger partial charge in [-0.1, -0.05) is 24.0 Å². The highest BCUT2D eigenvalue weighted by Crippen LogP contribution is 2.14. The third kappa shape index (κ3) is 3.88. The van der Waals surface area contributed by atoms with Crippen molar-refractivity contribution in [2.75, 3.05) is 6.54 Å². The molecule has 2 rings (SSSR count). The average Bonchev–Trinajstić information content (AvgIpc) is 2.52. The van der Waals surface area contributed by atoms with Gasteiger partial charge in [0.2, 0.25) is 0 Å². The molecule has 0 atom stereocenters. The fourth-order valence-electron chi connectivity index (χ4n) is 1.68. The van der Waals surface area contributed by atoms with Crippen molar-refractivity contribution >= 4 is 0 Å². The van der Waals surface area contributed by atoms with Crippen LogP contribution in [0, 0.1) is 23.2 Å². The molecule has 2 aromatic rings. The Kier molecular flexibility index (Phi) is 4.78. The van der Waals surface area contributed by atoms with Gasteiger partial charge in [-0.3, -0.25) is 0 Å². The fourth-order valence-corrected chi connectivity index (χ4v) is 1.68. The largest absolute Gasteiger partial charge is 0.489 e. The maximum atomic E-state index is 8.73. The molecule has 20 heavy (non-hydrogen) atoms. The molecule has 0 aromatic heterocycles. The molecule has 0 aliphatic carbocycles. The maximum Gasteiger partial charge on any atom is 0.119 e. The summed E-state index contributed by atoms with van der Waals surface area (Å²) in [6.45, 7) is 0.815. The average molecular weight is 262 g/mol. The second-order valence-electron chi connectivity index (χ2n) is 4.13. The van der Waals surface area contributed by atoms with E-state index < -0.39 is 0 Å². The van der Waals surface area contributed by atoms with Gasteiger partial charge in [0, 0.05) is 5.56 Å². The Balaban J connectivity index is 2.01.